The third kappa shape index (κ3) is 10.9. The molecule has 0 bridgehead atoms. The molecule has 1 aliphatic heterocycles. The van der Waals surface area contributed by atoms with Crippen LogP contribution < -0.4 is 21.3 Å². The van der Waals surface area contributed by atoms with E-state index in [2.05, 4.69) is 21.3 Å². The van der Waals surface area contributed by atoms with E-state index in [-0.39, 0.29) is 0 Å². The molecule has 0 unspecified atom stereocenters. The minimum Gasteiger partial charge on any atom is -0.378 e. The normalized spacial score (nSPS) is 24.0. The topological polar surface area (TPSA) is 66.6 Å². The Morgan fingerprint density at radius 3 is 1.11 bits per heavy atom. The summed E-state index contributed by atoms with van der Waals surface area (Å²) < 4.78 is 10.9. The van der Waals surface area contributed by atoms with Crippen molar-refractivity contribution in [3.63, 3.8) is 0 Å². The Morgan fingerprint density at radius 2 is 0.722 bits per heavy atom. The maximum Gasteiger partial charge on any atom is 0.0701 e. The molecule has 1 aliphatic rings. The Morgan fingerprint density at radius 1 is 0.389 bits per heavy atom. The van der Waals surface area contributed by atoms with Crippen molar-refractivity contribution >= 4 is 0 Å². The quantitative estimate of drug-likeness (QED) is 0.420. The van der Waals surface area contributed by atoms with Gasteiger partial charge in [0.15, 0.2) is 0 Å². The average molecular weight is 260 g/mol. The zero-order valence-electron chi connectivity index (χ0n) is 11.3. The number of hydrogen-bond acceptors (Lipinski definition) is 6. The highest BCUT2D eigenvalue weighted by molar-refractivity contribution is 4.56. The first kappa shape index (κ1) is 15.8. The molecule has 0 saturated carbocycles. The van der Waals surface area contributed by atoms with E-state index in [9.17, 15) is 0 Å². The molecule has 0 aromatic carbocycles. The SMILES string of the molecule is C1CNCCNCCOCCOCCNCCN1. The van der Waals surface area contributed by atoms with Gasteiger partial charge in [-0.3, -0.25) is 0 Å². The zero-order valence-corrected chi connectivity index (χ0v) is 11.3. The van der Waals surface area contributed by atoms with Gasteiger partial charge in [0.25, 0.3) is 0 Å². The minimum absolute atomic E-state index is 0.682. The summed E-state index contributed by atoms with van der Waals surface area (Å²) in [6.45, 7) is 10.7. The molecule has 6 nitrogen and oxygen atoms in total. The van der Waals surface area contributed by atoms with Gasteiger partial charge in [-0.1, -0.05) is 0 Å². The fraction of sp³-hybridized carbons (Fsp3) is 1.00. The highest BCUT2D eigenvalue weighted by Crippen LogP contribution is 1.78. The van der Waals surface area contributed by atoms with Gasteiger partial charge in [-0.05, 0) is 0 Å². The van der Waals surface area contributed by atoms with Gasteiger partial charge in [0.2, 0.25) is 0 Å². The van der Waals surface area contributed by atoms with Crippen molar-refractivity contribution in [2.24, 2.45) is 0 Å². The first-order chi connectivity index (χ1) is 9.00. The summed E-state index contributed by atoms with van der Waals surface area (Å²) in [5.41, 5.74) is 0. The van der Waals surface area contributed by atoms with Gasteiger partial charge in [-0.25, -0.2) is 0 Å². The molecule has 6 heteroatoms. The lowest BCUT2D eigenvalue weighted by Gasteiger charge is -2.10. The smallest absolute Gasteiger partial charge is 0.0701 e. The molecular weight excluding hydrogens is 232 g/mol. The predicted molar refractivity (Wildman–Crippen MR) is 73.1 cm³/mol. The highest BCUT2D eigenvalue weighted by atomic mass is 16.5. The molecular formula is C12H28N4O2. The van der Waals surface area contributed by atoms with Gasteiger partial charge in [-0.15, -0.1) is 0 Å². The van der Waals surface area contributed by atoms with Crippen molar-refractivity contribution < 1.29 is 9.47 Å². The van der Waals surface area contributed by atoms with E-state index in [1.807, 2.05) is 0 Å². The van der Waals surface area contributed by atoms with E-state index >= 15 is 0 Å². The Hall–Kier alpha value is -0.240. The van der Waals surface area contributed by atoms with E-state index in [0.29, 0.717) is 13.2 Å². The molecule has 1 rings (SSSR count). The summed E-state index contributed by atoms with van der Waals surface area (Å²) in [4.78, 5) is 0. The maximum absolute atomic E-state index is 5.44. The molecule has 108 valence electrons. The molecule has 0 atom stereocenters. The minimum atomic E-state index is 0.682. The van der Waals surface area contributed by atoms with Crippen LogP contribution >= 0.6 is 0 Å². The Labute approximate surface area is 110 Å². The van der Waals surface area contributed by atoms with Crippen molar-refractivity contribution in [1.82, 2.24) is 21.3 Å². The predicted octanol–water partition coefficient (Wildman–Crippen LogP) is -1.61. The summed E-state index contributed by atoms with van der Waals surface area (Å²) in [7, 11) is 0. The monoisotopic (exact) mass is 260 g/mol. The van der Waals surface area contributed by atoms with Gasteiger partial charge in [0.05, 0.1) is 26.4 Å². The van der Waals surface area contributed by atoms with Crippen molar-refractivity contribution in [3.05, 3.63) is 0 Å². The largest absolute Gasteiger partial charge is 0.378 e. The van der Waals surface area contributed by atoms with Gasteiger partial charge in [-0.2, -0.15) is 0 Å². The van der Waals surface area contributed by atoms with E-state index in [1.165, 1.54) is 0 Å². The van der Waals surface area contributed by atoms with Crippen LogP contribution in [0.15, 0.2) is 0 Å². The van der Waals surface area contributed by atoms with Gasteiger partial charge in [0.1, 0.15) is 0 Å². The molecule has 0 radical (unpaired) electrons. The third-order valence-electron chi connectivity index (χ3n) is 2.65. The highest BCUT2D eigenvalue weighted by Gasteiger charge is 1.93. The summed E-state index contributed by atoms with van der Waals surface area (Å²) in [6, 6.07) is 0. The van der Waals surface area contributed by atoms with Crippen LogP contribution in [0.25, 0.3) is 0 Å². The van der Waals surface area contributed by atoms with E-state index in [1.54, 1.807) is 0 Å². The molecule has 0 aromatic heterocycles. The molecule has 18 heavy (non-hydrogen) atoms. The van der Waals surface area contributed by atoms with Crippen molar-refractivity contribution in [3.8, 4) is 0 Å². The molecule has 1 heterocycles. The van der Waals surface area contributed by atoms with Crippen LogP contribution in [-0.4, -0.2) is 78.8 Å². The molecule has 4 N–H and O–H groups in total. The first-order valence-electron chi connectivity index (χ1n) is 6.98. The van der Waals surface area contributed by atoms with Crippen LogP contribution in [0.1, 0.15) is 0 Å². The molecule has 0 aliphatic carbocycles. The van der Waals surface area contributed by atoms with Crippen molar-refractivity contribution in [2.75, 3.05) is 78.8 Å². The Balaban J connectivity index is 2.00. The van der Waals surface area contributed by atoms with Crippen LogP contribution in [0.2, 0.25) is 0 Å². The van der Waals surface area contributed by atoms with Gasteiger partial charge < -0.3 is 30.7 Å². The van der Waals surface area contributed by atoms with Crippen molar-refractivity contribution in [2.45, 2.75) is 0 Å². The van der Waals surface area contributed by atoms with E-state index in [4.69, 9.17) is 9.47 Å². The molecule has 1 fully saturated rings. The lowest BCUT2D eigenvalue weighted by molar-refractivity contribution is 0.0500. The van der Waals surface area contributed by atoms with Gasteiger partial charge >= 0.3 is 0 Å². The molecule has 0 amide bonds. The Bertz CT molecular complexity index is 97.1. The fourth-order valence-electron chi connectivity index (χ4n) is 1.64. The van der Waals surface area contributed by atoms with Gasteiger partial charge in [0, 0.05) is 52.4 Å². The molecule has 0 spiro atoms. The lowest BCUT2D eigenvalue weighted by atomic mass is 10.5. The van der Waals surface area contributed by atoms with Crippen LogP contribution in [0.5, 0.6) is 0 Å². The number of rotatable bonds is 0. The lowest BCUT2D eigenvalue weighted by Crippen LogP contribution is -2.36. The fourth-order valence-corrected chi connectivity index (χ4v) is 1.64. The summed E-state index contributed by atoms with van der Waals surface area (Å²) >= 11 is 0. The van der Waals surface area contributed by atoms with Crippen LogP contribution in [0.4, 0.5) is 0 Å². The Kier molecular flexibility index (Phi) is 11.6. The van der Waals surface area contributed by atoms with Crippen molar-refractivity contribution in [1.29, 1.82) is 0 Å². The second kappa shape index (κ2) is 13.2. The summed E-state index contributed by atoms with van der Waals surface area (Å²) in [5.74, 6) is 0. The molecule has 1 saturated heterocycles. The first-order valence-corrected chi connectivity index (χ1v) is 6.98. The van der Waals surface area contributed by atoms with Crippen LogP contribution in [0.3, 0.4) is 0 Å². The standard InChI is InChI=1S/C12H28N4O2/c1-2-14-4-6-16-8-10-18-12-11-17-9-7-15-5-3-13-1/h13-16H,1-12H2. The second-order valence-electron chi connectivity index (χ2n) is 4.22. The number of hydrogen-bond donors (Lipinski definition) is 4. The van der Waals surface area contributed by atoms with Crippen LogP contribution in [-0.2, 0) is 9.47 Å². The van der Waals surface area contributed by atoms with Crippen LogP contribution in [0, 0.1) is 0 Å². The van der Waals surface area contributed by atoms with E-state index < -0.39 is 0 Å². The van der Waals surface area contributed by atoms with E-state index in [0.717, 1.165) is 65.6 Å². The summed E-state index contributed by atoms with van der Waals surface area (Å²) in [5, 5.41) is 13.4. The maximum atomic E-state index is 5.44. The second-order valence-corrected chi connectivity index (χ2v) is 4.22. The number of nitrogens with one attached hydrogen (secondary N) is 4. The average Bonchev–Trinajstić information content (AvgIpc) is 2.39. The number of ether oxygens (including phenoxy) is 2. The zero-order chi connectivity index (χ0) is 12.7. The summed E-state index contributed by atoms with van der Waals surface area (Å²) in [6.07, 6.45) is 0. The molecule has 0 aromatic rings. The third-order valence-corrected chi connectivity index (χ3v) is 2.65.